The van der Waals surface area contributed by atoms with Gasteiger partial charge < -0.3 is 19.8 Å². The average molecular weight is 402 g/mol. The van der Waals surface area contributed by atoms with E-state index in [9.17, 15) is 9.59 Å². The topological polar surface area (TPSA) is 83.8 Å². The third-order valence-electron chi connectivity index (χ3n) is 3.58. The molecule has 1 aliphatic rings. The van der Waals surface area contributed by atoms with Gasteiger partial charge in [0.2, 0.25) is 5.91 Å². The molecule has 2 amide bonds. The molecule has 0 saturated carbocycles. The first-order valence-corrected chi connectivity index (χ1v) is 8.87. The predicted octanol–water partition coefficient (Wildman–Crippen LogP) is 1.24. The number of nitrogens with one attached hydrogen (secondary N) is 2. The molecular weight excluding hydrogens is 378 g/mol. The Morgan fingerprint density at radius 1 is 1.38 bits per heavy atom. The van der Waals surface area contributed by atoms with Gasteiger partial charge in [0.05, 0.1) is 19.3 Å². The number of ether oxygens (including phenoxy) is 1. The van der Waals surface area contributed by atoms with Gasteiger partial charge in [-0.1, -0.05) is 13.8 Å². The number of carbonyl (C=O) groups excluding carboxylic acids is 2. The van der Waals surface area contributed by atoms with Crippen molar-refractivity contribution in [1.29, 1.82) is 0 Å². The van der Waals surface area contributed by atoms with Crippen molar-refractivity contribution < 1.29 is 18.7 Å². The molecule has 0 aromatic carbocycles. The Morgan fingerprint density at radius 2 is 2.17 bits per heavy atom. The Balaban J connectivity index is 1.66. The van der Waals surface area contributed by atoms with E-state index < -0.39 is 5.91 Å². The van der Waals surface area contributed by atoms with E-state index in [1.807, 2.05) is 0 Å². The van der Waals surface area contributed by atoms with Gasteiger partial charge in [0.25, 0.3) is 5.91 Å². The summed E-state index contributed by atoms with van der Waals surface area (Å²) in [6, 6.07) is 3.16. The second kappa shape index (κ2) is 9.19. The molecule has 2 heterocycles. The first-order chi connectivity index (χ1) is 11.4. The summed E-state index contributed by atoms with van der Waals surface area (Å²) in [7, 11) is 0. The molecular formula is C16H24BrN3O4. The van der Waals surface area contributed by atoms with Crippen molar-refractivity contribution in [1.82, 2.24) is 15.5 Å². The van der Waals surface area contributed by atoms with Crippen molar-refractivity contribution in [3.05, 3.63) is 22.6 Å². The first kappa shape index (κ1) is 19.0. The van der Waals surface area contributed by atoms with Gasteiger partial charge in [-0.25, -0.2) is 0 Å². The Labute approximate surface area is 150 Å². The molecule has 1 fully saturated rings. The quantitative estimate of drug-likeness (QED) is 0.717. The highest BCUT2D eigenvalue weighted by Gasteiger charge is 2.21. The highest BCUT2D eigenvalue weighted by Crippen LogP contribution is 2.13. The third-order valence-corrected chi connectivity index (χ3v) is 4.01. The van der Waals surface area contributed by atoms with E-state index >= 15 is 0 Å². The van der Waals surface area contributed by atoms with E-state index in [4.69, 9.17) is 9.15 Å². The summed E-state index contributed by atoms with van der Waals surface area (Å²) in [6.07, 6.45) is -0.0156. The smallest absolute Gasteiger partial charge is 0.287 e. The summed E-state index contributed by atoms with van der Waals surface area (Å²) in [4.78, 5) is 26.0. The number of hydrogen-bond acceptors (Lipinski definition) is 5. The van der Waals surface area contributed by atoms with Crippen molar-refractivity contribution in [3.63, 3.8) is 0 Å². The number of amides is 2. The number of hydrogen-bond donors (Lipinski definition) is 2. The molecule has 1 unspecified atom stereocenters. The lowest BCUT2D eigenvalue weighted by atomic mass is 10.2. The molecule has 2 rings (SSSR count). The average Bonchev–Trinajstić information content (AvgIpc) is 2.97. The van der Waals surface area contributed by atoms with E-state index in [0.717, 1.165) is 19.6 Å². The van der Waals surface area contributed by atoms with Crippen molar-refractivity contribution in [2.24, 2.45) is 5.92 Å². The van der Waals surface area contributed by atoms with Gasteiger partial charge in [0, 0.05) is 26.2 Å². The van der Waals surface area contributed by atoms with Crippen LogP contribution in [0.5, 0.6) is 0 Å². The summed E-state index contributed by atoms with van der Waals surface area (Å²) in [6.45, 7) is 8.16. The van der Waals surface area contributed by atoms with E-state index in [1.165, 1.54) is 6.07 Å². The van der Waals surface area contributed by atoms with Crippen molar-refractivity contribution >= 4 is 27.7 Å². The third kappa shape index (κ3) is 6.26. The van der Waals surface area contributed by atoms with Crippen LogP contribution < -0.4 is 10.6 Å². The highest BCUT2D eigenvalue weighted by atomic mass is 79.9. The van der Waals surface area contributed by atoms with E-state index in [2.05, 4.69) is 45.3 Å². The predicted molar refractivity (Wildman–Crippen MR) is 92.8 cm³/mol. The van der Waals surface area contributed by atoms with Gasteiger partial charge in [-0.15, -0.1) is 0 Å². The lowest BCUT2D eigenvalue weighted by Gasteiger charge is -2.33. The summed E-state index contributed by atoms with van der Waals surface area (Å²) < 4.78 is 11.3. The number of carbonyl (C=O) groups is 2. The van der Waals surface area contributed by atoms with E-state index in [0.29, 0.717) is 23.7 Å². The second-order valence-corrected chi connectivity index (χ2v) is 7.02. The van der Waals surface area contributed by atoms with Crippen LogP contribution in [0.4, 0.5) is 0 Å². The fourth-order valence-corrected chi connectivity index (χ4v) is 2.87. The van der Waals surface area contributed by atoms with Gasteiger partial charge in [0.1, 0.15) is 0 Å². The normalized spacial score (nSPS) is 18.6. The van der Waals surface area contributed by atoms with Crippen LogP contribution in [0, 0.1) is 5.92 Å². The molecule has 2 N–H and O–H groups in total. The van der Waals surface area contributed by atoms with Gasteiger partial charge in [-0.05, 0) is 34.0 Å². The summed E-state index contributed by atoms with van der Waals surface area (Å²) >= 11 is 3.13. The number of furan rings is 1. The largest absolute Gasteiger partial charge is 0.444 e. The molecule has 1 aromatic rings. The monoisotopic (exact) mass is 401 g/mol. The van der Waals surface area contributed by atoms with Crippen LogP contribution in [0.3, 0.4) is 0 Å². The van der Waals surface area contributed by atoms with E-state index in [1.54, 1.807) is 6.07 Å². The number of rotatable bonds is 7. The maximum Gasteiger partial charge on any atom is 0.287 e. The zero-order valence-corrected chi connectivity index (χ0v) is 15.6. The molecule has 24 heavy (non-hydrogen) atoms. The molecule has 0 bridgehead atoms. The Hall–Kier alpha value is -1.38. The Kier molecular flexibility index (Phi) is 7.26. The minimum atomic E-state index is -0.423. The second-order valence-electron chi connectivity index (χ2n) is 6.24. The minimum absolute atomic E-state index is 0.0156. The summed E-state index contributed by atoms with van der Waals surface area (Å²) in [5.74, 6) is 0.0937. The molecule has 8 heteroatoms. The van der Waals surface area contributed by atoms with Crippen LogP contribution in [-0.2, 0) is 9.53 Å². The number of nitrogens with zero attached hydrogens (tertiary/aromatic N) is 1. The molecule has 134 valence electrons. The molecule has 0 spiro atoms. The van der Waals surface area contributed by atoms with Gasteiger partial charge >= 0.3 is 0 Å². The summed E-state index contributed by atoms with van der Waals surface area (Å²) in [5.41, 5.74) is 0. The lowest BCUT2D eigenvalue weighted by molar-refractivity contribution is -0.121. The molecule has 0 aliphatic carbocycles. The molecule has 1 saturated heterocycles. The fraction of sp³-hybridized carbons (Fsp3) is 0.625. The van der Waals surface area contributed by atoms with E-state index in [-0.39, 0.29) is 24.3 Å². The minimum Gasteiger partial charge on any atom is -0.444 e. The fourth-order valence-electron chi connectivity index (χ4n) is 2.56. The Bertz CT molecular complexity index is 561. The molecule has 1 atom stereocenters. The lowest BCUT2D eigenvalue weighted by Crippen LogP contribution is -2.49. The van der Waals surface area contributed by atoms with Gasteiger partial charge in [0.15, 0.2) is 10.4 Å². The molecule has 1 aromatic heterocycles. The number of morpholine rings is 1. The van der Waals surface area contributed by atoms with Crippen molar-refractivity contribution in [2.75, 3.05) is 39.3 Å². The van der Waals surface area contributed by atoms with Crippen molar-refractivity contribution in [3.8, 4) is 0 Å². The van der Waals surface area contributed by atoms with Gasteiger partial charge in [-0.3, -0.25) is 14.5 Å². The summed E-state index contributed by atoms with van der Waals surface area (Å²) in [5, 5.41) is 5.31. The van der Waals surface area contributed by atoms with Crippen LogP contribution in [0.1, 0.15) is 24.4 Å². The van der Waals surface area contributed by atoms with Crippen molar-refractivity contribution in [2.45, 2.75) is 20.0 Å². The zero-order valence-electron chi connectivity index (χ0n) is 14.0. The standard InChI is InChI=1S/C16H24BrN3O4/c1-11(2)9-20-5-6-23-12(10-20)7-18-15(21)8-19-16(22)13-3-4-14(17)24-13/h3-4,11-12H,5-10H2,1-2H3,(H,18,21)(H,19,22). The Morgan fingerprint density at radius 3 is 2.83 bits per heavy atom. The SMILES string of the molecule is CC(C)CN1CCOC(CNC(=O)CNC(=O)c2ccc(Br)o2)C1. The molecule has 7 nitrogen and oxygen atoms in total. The van der Waals surface area contributed by atoms with Crippen LogP contribution in [-0.4, -0.2) is 62.1 Å². The highest BCUT2D eigenvalue weighted by molar-refractivity contribution is 9.10. The molecule has 0 radical (unpaired) electrons. The maximum atomic E-state index is 11.9. The van der Waals surface area contributed by atoms with Crippen LogP contribution in [0.2, 0.25) is 0 Å². The van der Waals surface area contributed by atoms with Crippen LogP contribution in [0.25, 0.3) is 0 Å². The number of halogens is 1. The first-order valence-electron chi connectivity index (χ1n) is 8.08. The van der Waals surface area contributed by atoms with Gasteiger partial charge in [-0.2, -0.15) is 0 Å². The molecule has 1 aliphatic heterocycles. The maximum absolute atomic E-state index is 11.9. The zero-order chi connectivity index (χ0) is 17.5. The van der Waals surface area contributed by atoms with Crippen LogP contribution >= 0.6 is 15.9 Å². The van der Waals surface area contributed by atoms with Crippen LogP contribution in [0.15, 0.2) is 21.2 Å².